The zero-order chi connectivity index (χ0) is 21.6. The molecular weight excluding hydrogens is 404 g/mol. The van der Waals surface area contributed by atoms with Crippen LogP contribution in [0, 0.1) is 6.92 Å². The van der Waals surface area contributed by atoms with Crippen molar-refractivity contribution >= 4 is 34.4 Å². The lowest BCUT2D eigenvalue weighted by Crippen LogP contribution is -2.30. The molecule has 1 aliphatic rings. The molecule has 5 nitrogen and oxygen atoms in total. The first kappa shape index (κ1) is 21.8. The number of anilines is 1. The van der Waals surface area contributed by atoms with Crippen molar-refractivity contribution in [3.63, 3.8) is 0 Å². The van der Waals surface area contributed by atoms with Gasteiger partial charge in [0.05, 0.1) is 17.5 Å². The van der Waals surface area contributed by atoms with Gasteiger partial charge in [0.25, 0.3) is 0 Å². The van der Waals surface area contributed by atoms with E-state index in [9.17, 15) is 4.79 Å². The molecule has 1 aromatic heterocycles. The molecule has 1 fully saturated rings. The Morgan fingerprint density at radius 2 is 2.03 bits per heavy atom. The molecule has 0 atom stereocenters. The molecular formula is C25H32N4OS. The molecule has 1 aliphatic heterocycles. The van der Waals surface area contributed by atoms with Crippen molar-refractivity contribution in [2.45, 2.75) is 50.3 Å². The normalized spacial score (nSPS) is 14.2. The number of imidazole rings is 1. The number of piperidine rings is 1. The summed E-state index contributed by atoms with van der Waals surface area (Å²) < 4.78 is 0. The molecule has 31 heavy (non-hydrogen) atoms. The van der Waals surface area contributed by atoms with Crippen molar-refractivity contribution in [1.29, 1.82) is 0 Å². The number of nitrogens with one attached hydrogen (secondary N) is 2. The number of aromatic amines is 1. The van der Waals surface area contributed by atoms with E-state index in [1.54, 1.807) is 7.05 Å². The van der Waals surface area contributed by atoms with E-state index >= 15 is 0 Å². The monoisotopic (exact) mass is 436 g/mol. The Kier molecular flexibility index (Phi) is 7.17. The van der Waals surface area contributed by atoms with Crippen LogP contribution in [0.1, 0.15) is 42.6 Å². The Bertz CT molecular complexity index is 1040. The van der Waals surface area contributed by atoms with Crippen LogP contribution < -0.4 is 10.2 Å². The van der Waals surface area contributed by atoms with E-state index in [2.05, 4.69) is 40.3 Å². The number of benzene rings is 2. The number of hydrogen-bond donors (Lipinski definition) is 2. The summed E-state index contributed by atoms with van der Waals surface area (Å²) in [5.74, 6) is 2.12. The maximum atomic E-state index is 11.6. The number of nitrogens with zero attached hydrogens (tertiary/aromatic N) is 2. The van der Waals surface area contributed by atoms with Crippen LogP contribution in [0.2, 0.25) is 0 Å². The number of H-pyrrole nitrogens is 1. The molecule has 3 aromatic rings. The Hall–Kier alpha value is -2.47. The zero-order valence-electron chi connectivity index (χ0n) is 18.5. The molecule has 164 valence electrons. The van der Waals surface area contributed by atoms with Gasteiger partial charge in [-0.2, -0.15) is 0 Å². The molecule has 2 N–H and O–H groups in total. The van der Waals surface area contributed by atoms with Gasteiger partial charge in [0.2, 0.25) is 5.91 Å². The van der Waals surface area contributed by atoms with Crippen LogP contribution in [0.5, 0.6) is 0 Å². The second-order valence-electron chi connectivity index (χ2n) is 8.28. The Morgan fingerprint density at radius 1 is 1.19 bits per heavy atom. The maximum absolute atomic E-state index is 11.6. The molecule has 2 aromatic carbocycles. The number of amides is 1. The molecule has 0 saturated carbocycles. The second kappa shape index (κ2) is 10.2. The van der Waals surface area contributed by atoms with Crippen molar-refractivity contribution < 1.29 is 4.79 Å². The average Bonchev–Trinajstić information content (AvgIpc) is 3.20. The molecule has 0 spiro atoms. The van der Waals surface area contributed by atoms with Gasteiger partial charge in [0.1, 0.15) is 5.82 Å². The van der Waals surface area contributed by atoms with Crippen LogP contribution in [0.15, 0.2) is 41.3 Å². The number of carbonyl (C=O) groups excluding carboxylic acids is 1. The summed E-state index contributed by atoms with van der Waals surface area (Å²) in [6.45, 7) is 4.64. The summed E-state index contributed by atoms with van der Waals surface area (Å²) in [4.78, 5) is 23.7. The summed E-state index contributed by atoms with van der Waals surface area (Å²) in [5.41, 5.74) is 5.81. The summed E-state index contributed by atoms with van der Waals surface area (Å²) in [6, 6.07) is 12.7. The molecule has 1 saturated heterocycles. The minimum Gasteiger partial charge on any atom is -0.371 e. The number of hydrogen-bond acceptors (Lipinski definition) is 4. The summed E-state index contributed by atoms with van der Waals surface area (Å²) in [7, 11) is 1.67. The lowest BCUT2D eigenvalue weighted by molar-refractivity contribution is -0.119. The number of rotatable bonds is 8. The second-order valence-corrected chi connectivity index (χ2v) is 9.42. The fourth-order valence-corrected chi connectivity index (χ4v) is 5.27. The van der Waals surface area contributed by atoms with Crippen LogP contribution in [0.25, 0.3) is 11.0 Å². The number of carbonyl (C=O) groups is 1. The highest BCUT2D eigenvalue weighted by Crippen LogP contribution is 2.32. The van der Waals surface area contributed by atoms with E-state index in [4.69, 9.17) is 4.98 Å². The van der Waals surface area contributed by atoms with E-state index in [0.29, 0.717) is 6.42 Å². The number of aryl methyl sites for hydroxylation is 1. The molecule has 1 amide bonds. The van der Waals surface area contributed by atoms with Gasteiger partial charge < -0.3 is 15.2 Å². The molecule has 2 heterocycles. The summed E-state index contributed by atoms with van der Waals surface area (Å²) >= 11 is 1.95. The first-order chi connectivity index (χ1) is 15.1. The third-order valence-electron chi connectivity index (χ3n) is 6.01. The van der Waals surface area contributed by atoms with Gasteiger partial charge in [0.15, 0.2) is 0 Å². The highest BCUT2D eigenvalue weighted by molar-refractivity contribution is 7.99. The lowest BCUT2D eigenvalue weighted by atomic mass is 10.1. The maximum Gasteiger partial charge on any atom is 0.224 e. The average molecular weight is 437 g/mol. The third kappa shape index (κ3) is 5.42. The Morgan fingerprint density at radius 3 is 2.84 bits per heavy atom. The molecule has 0 unspecified atom stereocenters. The van der Waals surface area contributed by atoms with E-state index in [0.717, 1.165) is 41.0 Å². The highest BCUT2D eigenvalue weighted by atomic mass is 32.2. The SMILES string of the molecule is CNC(=O)Cc1ccc2nc(CCCSc3cccc(N4CCCCC4)c3C)[nH]c2c1. The van der Waals surface area contributed by atoms with Crippen molar-refractivity contribution in [2.24, 2.45) is 0 Å². The smallest absolute Gasteiger partial charge is 0.224 e. The molecule has 0 aliphatic carbocycles. The van der Waals surface area contributed by atoms with Crippen molar-refractivity contribution in [1.82, 2.24) is 15.3 Å². The van der Waals surface area contributed by atoms with Crippen LogP contribution in [-0.4, -0.2) is 41.8 Å². The minimum absolute atomic E-state index is 0.0239. The molecule has 6 heteroatoms. The minimum atomic E-state index is 0.0239. The van der Waals surface area contributed by atoms with Crippen molar-refractivity contribution in [2.75, 3.05) is 30.8 Å². The van der Waals surface area contributed by atoms with Crippen molar-refractivity contribution in [3.8, 4) is 0 Å². The van der Waals surface area contributed by atoms with E-state index in [-0.39, 0.29) is 5.91 Å². The number of likely N-dealkylation sites (N-methyl/N-ethyl adjacent to an activating group) is 1. The quantitative estimate of drug-likeness (QED) is 0.390. The Labute approximate surface area is 189 Å². The standard InChI is InChI=1S/C25H32N4OS/c1-18-22(29-13-4-3-5-14-29)8-6-9-23(18)31-15-7-10-24-27-20-12-11-19(16-21(20)28-24)17-25(30)26-2/h6,8-9,11-12,16H,3-5,7,10,13-15,17H2,1-2H3,(H,26,30)(H,27,28). The van der Waals surface area contributed by atoms with Gasteiger partial charge in [-0.3, -0.25) is 4.79 Å². The van der Waals surface area contributed by atoms with Gasteiger partial charge in [-0.15, -0.1) is 11.8 Å². The molecule has 4 rings (SSSR count). The van der Waals surface area contributed by atoms with Gasteiger partial charge in [-0.1, -0.05) is 12.1 Å². The largest absolute Gasteiger partial charge is 0.371 e. The first-order valence-electron chi connectivity index (χ1n) is 11.3. The predicted molar refractivity (Wildman–Crippen MR) is 130 cm³/mol. The van der Waals surface area contributed by atoms with Gasteiger partial charge in [-0.05, 0) is 73.8 Å². The lowest BCUT2D eigenvalue weighted by Gasteiger charge is -2.30. The predicted octanol–water partition coefficient (Wildman–Crippen LogP) is 4.88. The number of aromatic nitrogens is 2. The van der Waals surface area contributed by atoms with Gasteiger partial charge >= 0.3 is 0 Å². The zero-order valence-corrected chi connectivity index (χ0v) is 19.4. The van der Waals surface area contributed by atoms with Crippen LogP contribution >= 0.6 is 11.8 Å². The molecule has 0 bridgehead atoms. The number of thioether (sulfide) groups is 1. The first-order valence-corrected chi connectivity index (χ1v) is 12.3. The fraction of sp³-hybridized carbons (Fsp3) is 0.440. The number of fused-ring (bicyclic) bond motifs is 1. The van der Waals surface area contributed by atoms with Gasteiger partial charge in [0, 0.05) is 37.1 Å². The van der Waals surface area contributed by atoms with Crippen LogP contribution in [-0.2, 0) is 17.6 Å². The van der Waals surface area contributed by atoms with Crippen LogP contribution in [0.4, 0.5) is 5.69 Å². The van der Waals surface area contributed by atoms with Crippen LogP contribution in [0.3, 0.4) is 0 Å². The van der Waals surface area contributed by atoms with E-state index in [1.165, 1.54) is 48.5 Å². The van der Waals surface area contributed by atoms with E-state index < -0.39 is 0 Å². The molecule has 0 radical (unpaired) electrons. The summed E-state index contributed by atoms with van der Waals surface area (Å²) in [6.07, 6.45) is 6.37. The Balaban J connectivity index is 1.32. The van der Waals surface area contributed by atoms with E-state index in [1.807, 2.05) is 30.0 Å². The third-order valence-corrected chi connectivity index (χ3v) is 7.25. The topological polar surface area (TPSA) is 61.0 Å². The van der Waals surface area contributed by atoms with Crippen molar-refractivity contribution in [3.05, 3.63) is 53.3 Å². The fourth-order valence-electron chi connectivity index (χ4n) is 4.27. The summed E-state index contributed by atoms with van der Waals surface area (Å²) in [5, 5.41) is 2.67. The van der Waals surface area contributed by atoms with Gasteiger partial charge in [-0.25, -0.2) is 4.98 Å². The highest BCUT2D eigenvalue weighted by Gasteiger charge is 2.14.